The molecule has 0 amide bonds. The molecule has 0 heterocycles. The fourth-order valence-corrected chi connectivity index (χ4v) is 3.07. The van der Waals surface area contributed by atoms with Crippen molar-refractivity contribution in [2.75, 3.05) is 0 Å². The van der Waals surface area contributed by atoms with Crippen LogP contribution in [0.1, 0.15) is 33.8 Å². The van der Waals surface area contributed by atoms with E-state index in [9.17, 15) is 9.59 Å². The third-order valence-electron chi connectivity index (χ3n) is 4.52. The molecule has 0 fully saturated rings. The Morgan fingerprint density at radius 3 is 2.28 bits per heavy atom. The molecule has 0 aromatic heterocycles. The first kappa shape index (κ1) is 20.1. The normalized spacial score (nSPS) is 11.9. The maximum absolute atomic E-state index is 13.2. The molecule has 4 nitrogen and oxygen atoms in total. The Hall–Kier alpha value is -3.66. The van der Waals surface area contributed by atoms with Crippen molar-refractivity contribution >= 4 is 11.8 Å². The maximum Gasteiger partial charge on any atom is 0.327 e. The largest absolute Gasteiger partial charge is 0.489 e. The van der Waals surface area contributed by atoms with E-state index in [1.165, 1.54) is 6.08 Å². The first-order chi connectivity index (χ1) is 14.1. The second-order valence-corrected chi connectivity index (χ2v) is 6.61. The lowest BCUT2D eigenvalue weighted by Crippen LogP contribution is -2.13. The van der Waals surface area contributed by atoms with Crippen molar-refractivity contribution in [1.82, 2.24) is 0 Å². The predicted molar refractivity (Wildman–Crippen MR) is 112 cm³/mol. The molecule has 3 aromatic rings. The summed E-state index contributed by atoms with van der Waals surface area (Å²) in [4.78, 5) is 24.0. The second kappa shape index (κ2) is 10.0. The van der Waals surface area contributed by atoms with Gasteiger partial charge in [-0.2, -0.15) is 0 Å². The van der Waals surface area contributed by atoms with E-state index in [0.717, 1.165) is 17.2 Å². The van der Waals surface area contributed by atoms with Gasteiger partial charge in [-0.3, -0.25) is 4.79 Å². The molecule has 29 heavy (non-hydrogen) atoms. The molecule has 146 valence electrons. The van der Waals surface area contributed by atoms with E-state index in [2.05, 4.69) is 0 Å². The molecule has 1 atom stereocenters. The zero-order chi connectivity index (χ0) is 20.5. The molecule has 3 aromatic carbocycles. The summed E-state index contributed by atoms with van der Waals surface area (Å²) in [5, 5.41) is 8.85. The molecule has 0 saturated carbocycles. The number of carbonyl (C=O) groups excluding carboxylic acids is 1. The van der Waals surface area contributed by atoms with Crippen LogP contribution >= 0.6 is 0 Å². The summed E-state index contributed by atoms with van der Waals surface area (Å²) in [5.74, 6) is -0.944. The molecule has 1 N–H and O–H groups in total. The fraction of sp³-hybridized carbons (Fsp3) is 0.120. The van der Waals surface area contributed by atoms with Crippen LogP contribution < -0.4 is 4.74 Å². The molecule has 0 radical (unpaired) electrons. The van der Waals surface area contributed by atoms with Gasteiger partial charge in [-0.15, -0.1) is 0 Å². The third-order valence-corrected chi connectivity index (χ3v) is 4.52. The number of Topliss-reactive ketones (excluding diaryl/α,β-unsaturated/α-hetero) is 1. The smallest absolute Gasteiger partial charge is 0.327 e. The van der Waals surface area contributed by atoms with Gasteiger partial charge in [0.2, 0.25) is 0 Å². The van der Waals surface area contributed by atoms with Crippen molar-refractivity contribution in [3.8, 4) is 5.75 Å². The molecule has 0 spiro atoms. The zero-order valence-corrected chi connectivity index (χ0v) is 15.9. The maximum atomic E-state index is 13.2. The highest BCUT2D eigenvalue weighted by Crippen LogP contribution is 2.27. The number of hydrogen-bond donors (Lipinski definition) is 1. The van der Waals surface area contributed by atoms with Crippen molar-refractivity contribution in [1.29, 1.82) is 0 Å². The molecular formula is C25H22O4. The standard InChI is InChI=1S/C25H22O4/c26-24(27)16-8-15-23(20-11-5-2-6-12-20)25(28)21-13-7-14-22(17-21)29-18-19-9-3-1-4-10-19/h1-14,16-17,23H,15,18H2,(H,26,27)/b16-8+. The number of rotatable bonds is 9. The molecule has 3 rings (SSSR count). The highest BCUT2D eigenvalue weighted by atomic mass is 16.5. The van der Waals surface area contributed by atoms with Crippen LogP contribution in [-0.4, -0.2) is 16.9 Å². The molecule has 4 heteroatoms. The van der Waals surface area contributed by atoms with Gasteiger partial charge in [-0.25, -0.2) is 4.79 Å². The minimum absolute atomic E-state index is 0.0728. The van der Waals surface area contributed by atoms with Crippen LogP contribution in [0, 0.1) is 0 Å². The van der Waals surface area contributed by atoms with E-state index in [4.69, 9.17) is 9.84 Å². The molecule has 0 aliphatic heterocycles. The summed E-state index contributed by atoms with van der Waals surface area (Å²) >= 11 is 0. The van der Waals surface area contributed by atoms with Crippen LogP contribution in [0.2, 0.25) is 0 Å². The average Bonchev–Trinajstić information content (AvgIpc) is 2.76. The van der Waals surface area contributed by atoms with Crippen molar-refractivity contribution in [3.05, 3.63) is 114 Å². The number of carboxylic acid groups (broad SMARTS) is 1. The lowest BCUT2D eigenvalue weighted by atomic mass is 9.88. The summed E-state index contributed by atoms with van der Waals surface area (Å²) < 4.78 is 5.84. The summed E-state index contributed by atoms with van der Waals surface area (Å²) in [5.41, 5.74) is 2.43. The van der Waals surface area contributed by atoms with Crippen LogP contribution in [0.15, 0.2) is 97.1 Å². The Morgan fingerprint density at radius 1 is 0.897 bits per heavy atom. The minimum atomic E-state index is -1.03. The second-order valence-electron chi connectivity index (χ2n) is 6.61. The molecule has 0 aliphatic rings. The molecule has 0 saturated heterocycles. The number of ketones is 1. The number of carbonyl (C=O) groups is 2. The van der Waals surface area contributed by atoms with E-state index >= 15 is 0 Å². The van der Waals surface area contributed by atoms with Crippen LogP contribution in [0.25, 0.3) is 0 Å². The van der Waals surface area contributed by atoms with Gasteiger partial charge in [-0.1, -0.05) is 78.9 Å². The summed E-state index contributed by atoms with van der Waals surface area (Å²) in [6.07, 6.45) is 2.90. The highest BCUT2D eigenvalue weighted by Gasteiger charge is 2.21. The number of hydrogen-bond acceptors (Lipinski definition) is 3. The van der Waals surface area contributed by atoms with Gasteiger partial charge in [0.1, 0.15) is 12.4 Å². The quantitative estimate of drug-likeness (QED) is 0.402. The van der Waals surface area contributed by atoms with Crippen LogP contribution in [-0.2, 0) is 11.4 Å². The van der Waals surface area contributed by atoms with Crippen molar-refractivity contribution in [3.63, 3.8) is 0 Å². The Kier molecular flexibility index (Phi) is 6.95. The number of carboxylic acids is 1. The first-order valence-corrected chi connectivity index (χ1v) is 9.39. The zero-order valence-electron chi connectivity index (χ0n) is 15.9. The summed E-state index contributed by atoms with van der Waals surface area (Å²) in [7, 11) is 0. The lowest BCUT2D eigenvalue weighted by molar-refractivity contribution is -0.131. The molecule has 0 bridgehead atoms. The van der Waals surface area contributed by atoms with Crippen LogP contribution in [0.4, 0.5) is 0 Å². The monoisotopic (exact) mass is 386 g/mol. The van der Waals surface area contributed by atoms with E-state index in [-0.39, 0.29) is 5.78 Å². The average molecular weight is 386 g/mol. The van der Waals surface area contributed by atoms with Gasteiger partial charge < -0.3 is 9.84 Å². The third kappa shape index (κ3) is 5.91. The fourth-order valence-electron chi connectivity index (χ4n) is 3.07. The molecule has 0 aliphatic carbocycles. The summed E-state index contributed by atoms with van der Waals surface area (Å²) in [6, 6.07) is 26.3. The lowest BCUT2D eigenvalue weighted by Gasteiger charge is -2.15. The number of ether oxygens (including phenoxy) is 1. The van der Waals surface area contributed by atoms with Gasteiger partial charge in [-0.05, 0) is 29.7 Å². The van der Waals surface area contributed by atoms with Crippen molar-refractivity contribution in [2.24, 2.45) is 0 Å². The topological polar surface area (TPSA) is 63.6 Å². The SMILES string of the molecule is O=C(O)/C=C/CC(C(=O)c1cccc(OCc2ccccc2)c1)c1ccccc1. The Bertz CT molecular complexity index is 978. The van der Waals surface area contributed by atoms with E-state index in [1.54, 1.807) is 18.2 Å². The van der Waals surface area contributed by atoms with Crippen molar-refractivity contribution in [2.45, 2.75) is 18.9 Å². The van der Waals surface area contributed by atoms with Crippen LogP contribution in [0.3, 0.4) is 0 Å². The number of allylic oxidation sites excluding steroid dienone is 1. The first-order valence-electron chi connectivity index (χ1n) is 9.39. The van der Waals surface area contributed by atoms with E-state index in [1.807, 2.05) is 66.7 Å². The van der Waals surface area contributed by atoms with Crippen LogP contribution in [0.5, 0.6) is 5.75 Å². The number of benzene rings is 3. The Morgan fingerprint density at radius 2 is 1.59 bits per heavy atom. The van der Waals surface area contributed by atoms with Gasteiger partial charge in [0.05, 0.1) is 5.92 Å². The van der Waals surface area contributed by atoms with Gasteiger partial charge in [0.15, 0.2) is 5.78 Å². The minimum Gasteiger partial charge on any atom is -0.489 e. The Balaban J connectivity index is 1.78. The van der Waals surface area contributed by atoms with E-state index in [0.29, 0.717) is 24.3 Å². The summed E-state index contributed by atoms with van der Waals surface area (Å²) in [6.45, 7) is 0.419. The van der Waals surface area contributed by atoms with Gasteiger partial charge in [0.25, 0.3) is 0 Å². The van der Waals surface area contributed by atoms with E-state index < -0.39 is 11.9 Å². The number of aliphatic carboxylic acids is 1. The highest BCUT2D eigenvalue weighted by molar-refractivity contribution is 6.01. The van der Waals surface area contributed by atoms with Crippen molar-refractivity contribution < 1.29 is 19.4 Å². The van der Waals surface area contributed by atoms with Gasteiger partial charge >= 0.3 is 5.97 Å². The predicted octanol–water partition coefficient (Wildman–Crippen LogP) is 5.26. The molecule has 1 unspecified atom stereocenters. The Labute approximate surface area is 170 Å². The van der Waals surface area contributed by atoms with Gasteiger partial charge in [0, 0.05) is 11.6 Å². The molecular weight excluding hydrogens is 364 g/mol.